The summed E-state index contributed by atoms with van der Waals surface area (Å²) in [6, 6.07) is 0. The summed E-state index contributed by atoms with van der Waals surface area (Å²) in [6.07, 6.45) is 0.172. The summed E-state index contributed by atoms with van der Waals surface area (Å²) in [5.74, 6) is 0.391. The number of halogens is 1. The third kappa shape index (κ3) is 5.10. The summed E-state index contributed by atoms with van der Waals surface area (Å²) < 4.78 is 35.0. The van der Waals surface area contributed by atoms with Crippen LogP contribution in [0.4, 0.5) is 4.39 Å². The van der Waals surface area contributed by atoms with E-state index in [0.29, 0.717) is 17.9 Å². The monoisotopic (exact) mass is 538 g/mol. The van der Waals surface area contributed by atoms with E-state index in [-0.39, 0.29) is 24.3 Å². The fourth-order valence-electron chi connectivity index (χ4n) is 4.73. The second kappa shape index (κ2) is 9.91. The van der Waals surface area contributed by atoms with Crippen molar-refractivity contribution in [1.29, 1.82) is 0 Å². The molecule has 1 aromatic rings. The maximum Gasteiger partial charge on any atom is 0.330 e. The van der Waals surface area contributed by atoms with Gasteiger partial charge in [-0.05, 0) is 64.2 Å². The van der Waals surface area contributed by atoms with Crippen molar-refractivity contribution >= 4 is 42.4 Å². The lowest BCUT2D eigenvalue weighted by atomic mass is 9.77. The Kier molecular flexibility index (Phi) is 8.16. The smallest absolute Gasteiger partial charge is 0.330 e. The van der Waals surface area contributed by atoms with Gasteiger partial charge in [0.05, 0.1) is 12.2 Å². The van der Waals surface area contributed by atoms with Crippen molar-refractivity contribution in [2.75, 3.05) is 0 Å². The summed E-state index contributed by atoms with van der Waals surface area (Å²) in [5, 5.41) is 0. The fraction of sp³-hybridized carbons (Fsp3) is 0.714. The SMILES string of the molecule is C=C(C)[C@@H]1CC[C@]2(C)S[P@@](=S)(O[C@H]3[C@@H](F)[C@H](n4cc(C)c(=O)[nH]c4=O)O[C@@H]3CC)O[C@H]2C1.S. The molecular formula is C21H32FN2O5PS3. The molecule has 7 nitrogen and oxygen atoms in total. The highest BCUT2D eigenvalue weighted by molar-refractivity contribution is 8.68. The van der Waals surface area contributed by atoms with Crippen LogP contribution in [0.25, 0.3) is 0 Å². The molecule has 0 unspecified atom stereocenters. The maximum atomic E-state index is 15.6. The van der Waals surface area contributed by atoms with Gasteiger partial charge in [-0.2, -0.15) is 13.5 Å². The topological polar surface area (TPSA) is 82.6 Å². The highest BCUT2D eigenvalue weighted by Gasteiger charge is 2.56. The third-order valence-corrected chi connectivity index (χ3v) is 12.5. The molecule has 3 fully saturated rings. The normalized spacial score (nSPS) is 40.3. The van der Waals surface area contributed by atoms with Crippen molar-refractivity contribution in [3.8, 4) is 0 Å². The Hall–Kier alpha value is -0.420. The van der Waals surface area contributed by atoms with Crippen LogP contribution in [0.15, 0.2) is 27.9 Å². The van der Waals surface area contributed by atoms with Gasteiger partial charge in [-0.3, -0.25) is 14.3 Å². The molecule has 0 bridgehead atoms. The number of rotatable bonds is 5. The Morgan fingerprint density at radius 3 is 2.85 bits per heavy atom. The van der Waals surface area contributed by atoms with E-state index in [1.165, 1.54) is 17.6 Å². The second-order valence-corrected chi connectivity index (χ2v) is 15.8. The average Bonchev–Trinajstić information content (AvgIpc) is 3.16. The predicted octanol–water partition coefficient (Wildman–Crippen LogP) is 4.48. The molecule has 2 aliphatic heterocycles. The molecule has 4 rings (SSSR count). The summed E-state index contributed by atoms with van der Waals surface area (Å²) in [7, 11) is 0. The quantitative estimate of drug-likeness (QED) is 0.437. The Morgan fingerprint density at radius 2 is 2.21 bits per heavy atom. The van der Waals surface area contributed by atoms with Gasteiger partial charge in [0.15, 0.2) is 12.4 Å². The van der Waals surface area contributed by atoms with E-state index in [9.17, 15) is 9.59 Å². The highest BCUT2D eigenvalue weighted by atomic mass is 32.9. The lowest BCUT2D eigenvalue weighted by molar-refractivity contribution is -0.0269. The first kappa shape index (κ1) is 27.2. The number of alkyl halides is 1. The van der Waals surface area contributed by atoms with Crippen molar-refractivity contribution in [2.45, 2.75) is 88.8 Å². The average molecular weight is 539 g/mol. The standard InChI is InChI=1S/C21H30FN2O5PS2.H2S/c1-6-14-17(16(22)19(27-14)24-10-12(4)18(25)23-20(24)26)29-30(31)28-15-9-13(11(2)3)7-8-21(15,5)32-30;/h10,13-17,19H,2,6-9H2,1,3-5H3,(H,23,25,26);1H2/t13-,14-,15+,16-,17-,19-,21+,30-;/m1./s1. The van der Waals surface area contributed by atoms with Gasteiger partial charge in [0.25, 0.3) is 5.56 Å². The number of ether oxygens (including phenoxy) is 1. The van der Waals surface area contributed by atoms with E-state index >= 15 is 4.39 Å². The first-order valence-electron chi connectivity index (χ1n) is 10.9. The molecule has 1 N–H and O–H groups in total. The van der Waals surface area contributed by atoms with E-state index in [1.807, 2.05) is 13.8 Å². The van der Waals surface area contributed by atoms with Gasteiger partial charge in [0.1, 0.15) is 6.10 Å². The van der Waals surface area contributed by atoms with Gasteiger partial charge in [0.2, 0.25) is 5.69 Å². The summed E-state index contributed by atoms with van der Waals surface area (Å²) in [5.41, 5.74) is -2.61. The molecule has 3 heterocycles. The number of hydrogen-bond acceptors (Lipinski definition) is 7. The van der Waals surface area contributed by atoms with Gasteiger partial charge < -0.3 is 13.8 Å². The molecule has 0 spiro atoms. The van der Waals surface area contributed by atoms with Gasteiger partial charge in [0, 0.05) is 16.5 Å². The molecule has 8 atom stereocenters. The zero-order chi connectivity index (χ0) is 23.4. The van der Waals surface area contributed by atoms with Crippen LogP contribution in [0.2, 0.25) is 0 Å². The molecule has 0 aromatic carbocycles. The first-order valence-corrected chi connectivity index (χ1v) is 15.0. The fourth-order valence-corrected chi connectivity index (χ4v) is 12.3. The molecule has 2 saturated heterocycles. The van der Waals surface area contributed by atoms with E-state index in [0.717, 1.165) is 29.4 Å². The molecule has 33 heavy (non-hydrogen) atoms. The largest absolute Gasteiger partial charge is 0.349 e. The molecule has 0 amide bonds. The van der Waals surface area contributed by atoms with Crippen molar-refractivity contribution in [1.82, 2.24) is 9.55 Å². The highest BCUT2D eigenvalue weighted by Crippen LogP contribution is 2.76. The number of aromatic amines is 1. The molecule has 0 radical (unpaired) electrons. The number of H-pyrrole nitrogens is 1. The lowest BCUT2D eigenvalue weighted by Gasteiger charge is -2.37. The summed E-state index contributed by atoms with van der Waals surface area (Å²) in [4.78, 5) is 26.2. The number of hydrogen-bond donors (Lipinski definition) is 1. The van der Waals surface area contributed by atoms with Crippen LogP contribution in [0.5, 0.6) is 0 Å². The number of nitrogens with one attached hydrogen (secondary N) is 1. The Morgan fingerprint density at radius 1 is 1.52 bits per heavy atom. The molecule has 1 saturated carbocycles. The van der Waals surface area contributed by atoms with E-state index in [4.69, 9.17) is 25.6 Å². The number of nitrogens with zero attached hydrogens (tertiary/aromatic N) is 1. The van der Waals surface area contributed by atoms with Crippen LogP contribution < -0.4 is 11.2 Å². The number of aromatic nitrogens is 2. The molecule has 1 aromatic heterocycles. The second-order valence-electron chi connectivity index (χ2n) is 9.23. The van der Waals surface area contributed by atoms with Gasteiger partial charge in [-0.25, -0.2) is 9.18 Å². The van der Waals surface area contributed by atoms with Crippen molar-refractivity contribution in [3.63, 3.8) is 0 Å². The van der Waals surface area contributed by atoms with Crippen molar-refractivity contribution < 1.29 is 18.2 Å². The van der Waals surface area contributed by atoms with Crippen molar-refractivity contribution in [2.24, 2.45) is 5.92 Å². The third-order valence-electron chi connectivity index (χ3n) is 6.78. The van der Waals surface area contributed by atoms with Crippen LogP contribution in [0, 0.1) is 12.8 Å². The molecule has 1 aliphatic carbocycles. The van der Waals surface area contributed by atoms with Crippen LogP contribution in [-0.2, 0) is 25.6 Å². The summed E-state index contributed by atoms with van der Waals surface area (Å²) in [6.45, 7) is 11.7. The zero-order valence-corrected chi connectivity index (χ0v) is 22.7. The van der Waals surface area contributed by atoms with E-state index < -0.39 is 41.6 Å². The minimum absolute atomic E-state index is 0. The van der Waals surface area contributed by atoms with Crippen LogP contribution in [-0.4, -0.2) is 38.8 Å². The van der Waals surface area contributed by atoms with Crippen LogP contribution in [0.3, 0.4) is 0 Å². The van der Waals surface area contributed by atoms with Gasteiger partial charge in [-0.15, -0.1) is 0 Å². The minimum atomic E-state index is -2.83. The summed E-state index contributed by atoms with van der Waals surface area (Å²) >= 11 is 7.37. The Labute approximate surface area is 209 Å². The maximum absolute atomic E-state index is 15.6. The first-order chi connectivity index (χ1) is 15.0. The van der Waals surface area contributed by atoms with Crippen LogP contribution >= 0.6 is 30.6 Å². The van der Waals surface area contributed by atoms with E-state index in [2.05, 4.69) is 18.5 Å². The van der Waals surface area contributed by atoms with Gasteiger partial charge in [-0.1, -0.05) is 30.5 Å². The number of allylic oxidation sites excluding steroid dienone is 1. The predicted molar refractivity (Wildman–Crippen MR) is 138 cm³/mol. The lowest BCUT2D eigenvalue weighted by Crippen LogP contribution is -2.39. The number of aryl methyl sites for hydroxylation is 1. The Balaban J connectivity index is 0.00000306. The molecular weight excluding hydrogens is 506 g/mol. The molecule has 186 valence electrons. The molecule has 12 heteroatoms. The van der Waals surface area contributed by atoms with Gasteiger partial charge >= 0.3 is 5.69 Å². The molecule has 3 aliphatic rings. The van der Waals surface area contributed by atoms with Crippen molar-refractivity contribution in [3.05, 3.63) is 44.8 Å². The van der Waals surface area contributed by atoms with E-state index in [1.54, 1.807) is 6.92 Å². The number of fused-ring (bicyclic) bond motifs is 1. The minimum Gasteiger partial charge on any atom is -0.349 e. The Bertz CT molecular complexity index is 1080. The van der Waals surface area contributed by atoms with Crippen LogP contribution in [0.1, 0.15) is 58.2 Å². The zero-order valence-electron chi connectivity index (χ0n) is 19.2.